The number of hydrogen-bond donors (Lipinski definition) is 1. The van der Waals surface area contributed by atoms with Gasteiger partial charge in [-0.1, -0.05) is 29.5 Å². The third kappa shape index (κ3) is 3.44. The summed E-state index contributed by atoms with van der Waals surface area (Å²) in [5.74, 6) is 1.31. The zero-order chi connectivity index (χ0) is 16.4. The van der Waals surface area contributed by atoms with Gasteiger partial charge in [0.15, 0.2) is 0 Å². The molecule has 23 heavy (non-hydrogen) atoms. The third-order valence-electron chi connectivity index (χ3n) is 4.07. The maximum absolute atomic E-state index is 12.4. The lowest BCUT2D eigenvalue weighted by molar-refractivity contribution is 0.207. The molecule has 1 heterocycles. The Hall–Kier alpha value is -2.15. The average molecular weight is 332 g/mol. The predicted molar refractivity (Wildman–Crippen MR) is 90.1 cm³/mol. The van der Waals surface area contributed by atoms with Crippen molar-refractivity contribution >= 4 is 22.5 Å². The Balaban J connectivity index is 1.68. The first kappa shape index (κ1) is 15.7. The number of aromatic nitrogens is 2. The van der Waals surface area contributed by atoms with Crippen molar-refractivity contribution in [3.8, 4) is 5.75 Å². The van der Waals surface area contributed by atoms with Gasteiger partial charge in [0.1, 0.15) is 10.8 Å². The summed E-state index contributed by atoms with van der Waals surface area (Å²) in [6.45, 7) is 1.97. The van der Waals surface area contributed by atoms with Gasteiger partial charge in [0.25, 0.3) is 0 Å². The molecular weight excluding hydrogens is 312 g/mol. The Morgan fingerprint density at radius 2 is 2.13 bits per heavy atom. The van der Waals surface area contributed by atoms with Gasteiger partial charge in [0, 0.05) is 18.5 Å². The van der Waals surface area contributed by atoms with E-state index < -0.39 is 0 Å². The molecule has 6 nitrogen and oxygen atoms in total. The number of anilines is 1. The van der Waals surface area contributed by atoms with Gasteiger partial charge in [0.2, 0.25) is 5.13 Å². The van der Waals surface area contributed by atoms with Gasteiger partial charge in [-0.05, 0) is 25.8 Å². The van der Waals surface area contributed by atoms with E-state index in [-0.39, 0.29) is 12.1 Å². The summed E-state index contributed by atoms with van der Waals surface area (Å²) in [5.41, 5.74) is 0.962. The zero-order valence-corrected chi connectivity index (χ0v) is 14.3. The van der Waals surface area contributed by atoms with E-state index >= 15 is 0 Å². The van der Waals surface area contributed by atoms with Crippen LogP contribution in [-0.4, -0.2) is 35.3 Å². The maximum Gasteiger partial charge on any atom is 0.323 e. The predicted octanol–water partition coefficient (Wildman–Crippen LogP) is 3.65. The van der Waals surface area contributed by atoms with E-state index in [0.717, 1.165) is 16.3 Å². The first-order chi connectivity index (χ1) is 11.1. The van der Waals surface area contributed by atoms with Gasteiger partial charge < -0.3 is 9.64 Å². The van der Waals surface area contributed by atoms with Gasteiger partial charge in [-0.25, -0.2) is 4.79 Å². The summed E-state index contributed by atoms with van der Waals surface area (Å²) in [5, 5.41) is 12.6. The van der Waals surface area contributed by atoms with E-state index in [1.807, 2.05) is 31.2 Å². The minimum Gasteiger partial charge on any atom is -0.496 e. The Morgan fingerprint density at radius 1 is 1.39 bits per heavy atom. The smallest absolute Gasteiger partial charge is 0.323 e. The van der Waals surface area contributed by atoms with E-state index in [1.165, 1.54) is 24.2 Å². The van der Waals surface area contributed by atoms with Gasteiger partial charge >= 0.3 is 6.03 Å². The first-order valence-electron chi connectivity index (χ1n) is 7.60. The number of rotatable bonds is 5. The number of methoxy groups -OCH3 is 1. The van der Waals surface area contributed by atoms with Crippen molar-refractivity contribution in [2.24, 2.45) is 0 Å². The molecule has 3 rings (SSSR count). The van der Waals surface area contributed by atoms with Gasteiger partial charge in [-0.15, -0.1) is 10.2 Å². The van der Waals surface area contributed by atoms with Crippen LogP contribution in [0.4, 0.5) is 9.93 Å². The second kappa shape index (κ2) is 6.54. The number of ether oxygens (including phenoxy) is 1. The number of carbonyl (C=O) groups excluding carboxylic acids is 1. The molecule has 0 spiro atoms. The molecule has 1 atom stereocenters. The van der Waals surface area contributed by atoms with Crippen LogP contribution in [0.1, 0.15) is 42.3 Å². The normalized spacial score (nSPS) is 15.1. The van der Waals surface area contributed by atoms with Crippen LogP contribution < -0.4 is 10.1 Å². The van der Waals surface area contributed by atoms with E-state index in [4.69, 9.17) is 4.74 Å². The first-order valence-corrected chi connectivity index (χ1v) is 8.42. The monoisotopic (exact) mass is 332 g/mol. The fourth-order valence-electron chi connectivity index (χ4n) is 2.36. The van der Waals surface area contributed by atoms with Crippen LogP contribution in [-0.2, 0) is 0 Å². The van der Waals surface area contributed by atoms with Crippen LogP contribution in [0.3, 0.4) is 0 Å². The second-order valence-electron chi connectivity index (χ2n) is 5.68. The second-order valence-corrected chi connectivity index (χ2v) is 6.69. The van der Waals surface area contributed by atoms with Crippen LogP contribution in [0.25, 0.3) is 0 Å². The maximum atomic E-state index is 12.4. The highest BCUT2D eigenvalue weighted by molar-refractivity contribution is 7.15. The van der Waals surface area contributed by atoms with E-state index in [9.17, 15) is 4.79 Å². The summed E-state index contributed by atoms with van der Waals surface area (Å²) in [7, 11) is 3.39. The lowest BCUT2D eigenvalue weighted by atomic mass is 10.1. The van der Waals surface area contributed by atoms with Crippen molar-refractivity contribution in [2.45, 2.75) is 31.7 Å². The summed E-state index contributed by atoms with van der Waals surface area (Å²) in [4.78, 5) is 14.1. The Kier molecular flexibility index (Phi) is 4.47. The molecule has 0 bridgehead atoms. The van der Waals surface area contributed by atoms with Crippen LogP contribution >= 0.6 is 11.3 Å². The Morgan fingerprint density at radius 3 is 2.83 bits per heavy atom. The molecule has 0 saturated heterocycles. The molecule has 1 saturated carbocycles. The van der Waals surface area contributed by atoms with E-state index in [2.05, 4.69) is 15.5 Å². The number of hydrogen-bond acceptors (Lipinski definition) is 5. The minimum absolute atomic E-state index is 0.123. The van der Waals surface area contributed by atoms with Crippen LogP contribution in [0.2, 0.25) is 0 Å². The number of benzene rings is 1. The molecule has 122 valence electrons. The lowest BCUT2D eigenvalue weighted by Gasteiger charge is -2.26. The van der Waals surface area contributed by atoms with Crippen LogP contribution in [0, 0.1) is 0 Å². The minimum atomic E-state index is -0.207. The van der Waals surface area contributed by atoms with Gasteiger partial charge in [0.05, 0.1) is 13.2 Å². The van der Waals surface area contributed by atoms with Crippen molar-refractivity contribution in [3.05, 3.63) is 34.8 Å². The molecule has 1 unspecified atom stereocenters. The molecule has 1 aromatic carbocycles. The van der Waals surface area contributed by atoms with Crippen LogP contribution in [0.15, 0.2) is 24.3 Å². The number of urea groups is 1. The molecule has 1 aliphatic carbocycles. The molecule has 0 aliphatic heterocycles. The van der Waals surface area contributed by atoms with Crippen molar-refractivity contribution in [1.29, 1.82) is 0 Å². The van der Waals surface area contributed by atoms with Gasteiger partial charge in [-0.2, -0.15) is 0 Å². The Bertz CT molecular complexity index is 699. The average Bonchev–Trinajstić information content (AvgIpc) is 3.33. The highest BCUT2D eigenvalue weighted by atomic mass is 32.1. The lowest BCUT2D eigenvalue weighted by Crippen LogP contribution is -2.33. The SMILES string of the molecule is COc1ccccc1C(C)N(C)C(=O)Nc1nnc(C2CC2)s1. The zero-order valence-electron chi connectivity index (χ0n) is 13.4. The summed E-state index contributed by atoms with van der Waals surface area (Å²) >= 11 is 1.46. The molecule has 0 radical (unpaired) electrons. The van der Waals surface area contributed by atoms with Crippen molar-refractivity contribution < 1.29 is 9.53 Å². The van der Waals surface area contributed by atoms with Crippen molar-refractivity contribution in [1.82, 2.24) is 15.1 Å². The molecular formula is C16H20N4O2S. The molecule has 7 heteroatoms. The number of amides is 2. The van der Waals surface area contributed by atoms with E-state index in [0.29, 0.717) is 11.0 Å². The van der Waals surface area contributed by atoms with Gasteiger partial charge in [-0.3, -0.25) is 5.32 Å². The number of nitrogens with zero attached hydrogens (tertiary/aromatic N) is 3. The van der Waals surface area contributed by atoms with Crippen molar-refractivity contribution in [3.63, 3.8) is 0 Å². The summed E-state index contributed by atoms with van der Waals surface area (Å²) in [6, 6.07) is 7.37. The topological polar surface area (TPSA) is 67.3 Å². The molecule has 2 amide bonds. The molecule has 2 aromatic rings. The Labute approximate surface area is 139 Å². The largest absolute Gasteiger partial charge is 0.496 e. The number of carbonyl (C=O) groups is 1. The molecule has 1 N–H and O–H groups in total. The van der Waals surface area contributed by atoms with Crippen molar-refractivity contribution in [2.75, 3.05) is 19.5 Å². The fourth-order valence-corrected chi connectivity index (χ4v) is 3.26. The fraction of sp³-hybridized carbons (Fsp3) is 0.438. The third-order valence-corrected chi connectivity index (χ3v) is 5.07. The standard InChI is InChI=1S/C16H20N4O2S/c1-10(12-6-4-5-7-13(12)22-3)20(2)16(21)17-15-19-18-14(23-15)11-8-9-11/h4-7,10-11H,8-9H2,1-3H3,(H,17,19,21). The number of nitrogens with one attached hydrogen (secondary N) is 1. The molecule has 1 aliphatic rings. The van der Waals surface area contributed by atoms with E-state index in [1.54, 1.807) is 19.1 Å². The highest BCUT2D eigenvalue weighted by Gasteiger charge is 2.28. The highest BCUT2D eigenvalue weighted by Crippen LogP contribution is 2.42. The van der Waals surface area contributed by atoms with Crippen LogP contribution in [0.5, 0.6) is 5.75 Å². The quantitative estimate of drug-likeness (QED) is 0.907. The number of para-hydroxylation sites is 1. The summed E-state index contributed by atoms with van der Waals surface area (Å²) in [6.07, 6.45) is 2.35. The summed E-state index contributed by atoms with van der Waals surface area (Å²) < 4.78 is 5.37. The molecule has 1 fully saturated rings. The molecule has 1 aromatic heterocycles.